The highest BCUT2D eigenvalue weighted by atomic mass is 16.5. The summed E-state index contributed by atoms with van der Waals surface area (Å²) in [5.74, 6) is 0.840. The van der Waals surface area contributed by atoms with Gasteiger partial charge in [-0.3, -0.25) is 14.7 Å². The molecular weight excluding hydrogens is 306 g/mol. The summed E-state index contributed by atoms with van der Waals surface area (Å²) >= 11 is 0. The number of amides is 1. The lowest BCUT2D eigenvalue weighted by Gasteiger charge is -2.41. The van der Waals surface area contributed by atoms with Gasteiger partial charge in [-0.1, -0.05) is 0 Å². The zero-order valence-electron chi connectivity index (χ0n) is 15.4. The number of nitrogens with one attached hydrogen (secondary N) is 2. The Bertz CT molecular complexity index is 427. The van der Waals surface area contributed by atoms with Crippen LogP contribution in [0.2, 0.25) is 0 Å². The summed E-state index contributed by atoms with van der Waals surface area (Å²) in [6.45, 7) is 10.8. The van der Waals surface area contributed by atoms with Crippen molar-refractivity contribution in [1.82, 2.24) is 20.4 Å². The number of rotatable bonds is 5. The van der Waals surface area contributed by atoms with Crippen LogP contribution in [-0.2, 0) is 9.53 Å². The standard InChI is InChI=1S/C17H33N5O2/c1-17(2,22-9-11-24-12-10-22)14-20-16(18-3)19-13-15(23)21-7-5-4-6-8-21/h4-14H2,1-3H3,(H2,18,19,20). The minimum Gasteiger partial charge on any atom is -0.379 e. The number of aliphatic imine (C=N–C) groups is 1. The lowest BCUT2D eigenvalue weighted by molar-refractivity contribution is -0.130. The van der Waals surface area contributed by atoms with E-state index in [-0.39, 0.29) is 11.4 Å². The van der Waals surface area contributed by atoms with Crippen LogP contribution >= 0.6 is 0 Å². The van der Waals surface area contributed by atoms with Crippen LogP contribution < -0.4 is 10.6 Å². The molecule has 2 aliphatic rings. The molecule has 0 aromatic carbocycles. The molecule has 0 spiro atoms. The smallest absolute Gasteiger partial charge is 0.241 e. The minimum absolute atomic E-state index is 0.0122. The van der Waals surface area contributed by atoms with Crippen LogP contribution in [0.25, 0.3) is 0 Å². The summed E-state index contributed by atoms with van der Waals surface area (Å²) in [6, 6.07) is 0. The van der Waals surface area contributed by atoms with Crippen LogP contribution in [0, 0.1) is 0 Å². The number of ether oxygens (including phenoxy) is 1. The lowest BCUT2D eigenvalue weighted by Crippen LogP contribution is -2.57. The Balaban J connectivity index is 1.74. The van der Waals surface area contributed by atoms with E-state index >= 15 is 0 Å². The Kier molecular flexibility index (Phi) is 7.30. The zero-order chi connectivity index (χ0) is 17.4. The molecule has 0 aromatic rings. The first-order chi connectivity index (χ1) is 11.5. The average molecular weight is 339 g/mol. The van der Waals surface area contributed by atoms with Crippen molar-refractivity contribution in [3.05, 3.63) is 0 Å². The highest BCUT2D eigenvalue weighted by Gasteiger charge is 2.28. The number of hydrogen-bond donors (Lipinski definition) is 2. The van der Waals surface area contributed by atoms with Gasteiger partial charge in [-0.25, -0.2) is 0 Å². The normalized spacial score (nSPS) is 20.8. The molecule has 0 bridgehead atoms. The summed E-state index contributed by atoms with van der Waals surface area (Å²) in [5.41, 5.74) is 0.0122. The van der Waals surface area contributed by atoms with E-state index in [1.807, 2.05) is 4.90 Å². The third-order valence-corrected chi connectivity index (χ3v) is 4.90. The van der Waals surface area contributed by atoms with Crippen LogP contribution in [0.3, 0.4) is 0 Å². The lowest BCUT2D eigenvalue weighted by atomic mass is 10.0. The SMILES string of the molecule is CN=C(NCC(=O)N1CCCCC1)NCC(C)(C)N1CCOCC1. The van der Waals surface area contributed by atoms with Crippen LogP contribution in [0.5, 0.6) is 0 Å². The maximum Gasteiger partial charge on any atom is 0.241 e. The summed E-state index contributed by atoms with van der Waals surface area (Å²) in [5, 5.41) is 6.50. The van der Waals surface area contributed by atoms with Gasteiger partial charge >= 0.3 is 0 Å². The Morgan fingerprint density at radius 3 is 2.38 bits per heavy atom. The van der Waals surface area contributed by atoms with Gasteiger partial charge in [-0.05, 0) is 33.1 Å². The number of likely N-dealkylation sites (tertiary alicyclic amines) is 1. The molecule has 2 rings (SSSR count). The van der Waals surface area contributed by atoms with Gasteiger partial charge in [-0.2, -0.15) is 0 Å². The predicted octanol–water partition coefficient (Wildman–Crippen LogP) is 0.275. The second-order valence-corrected chi connectivity index (χ2v) is 7.13. The van der Waals surface area contributed by atoms with Crippen molar-refractivity contribution in [2.75, 3.05) is 59.5 Å². The summed E-state index contributed by atoms with van der Waals surface area (Å²) in [6.07, 6.45) is 3.47. The van der Waals surface area contributed by atoms with E-state index in [9.17, 15) is 4.79 Å². The molecular formula is C17H33N5O2. The second kappa shape index (κ2) is 9.22. The molecule has 7 heteroatoms. The molecule has 0 radical (unpaired) electrons. The number of hydrogen-bond acceptors (Lipinski definition) is 4. The maximum absolute atomic E-state index is 12.2. The van der Waals surface area contributed by atoms with E-state index in [2.05, 4.69) is 34.4 Å². The molecule has 0 aromatic heterocycles. The van der Waals surface area contributed by atoms with Crippen LogP contribution in [0.1, 0.15) is 33.1 Å². The Morgan fingerprint density at radius 1 is 1.08 bits per heavy atom. The molecule has 24 heavy (non-hydrogen) atoms. The van der Waals surface area contributed by atoms with Crippen molar-refractivity contribution in [1.29, 1.82) is 0 Å². The Hall–Kier alpha value is -1.34. The van der Waals surface area contributed by atoms with Crippen molar-refractivity contribution >= 4 is 11.9 Å². The molecule has 0 saturated carbocycles. The fourth-order valence-electron chi connectivity index (χ4n) is 3.22. The summed E-state index contributed by atoms with van der Waals surface area (Å²) in [4.78, 5) is 20.8. The zero-order valence-corrected chi connectivity index (χ0v) is 15.4. The van der Waals surface area contributed by atoms with E-state index < -0.39 is 0 Å². The van der Waals surface area contributed by atoms with Crippen molar-refractivity contribution in [2.24, 2.45) is 4.99 Å². The Labute approximate surface area is 145 Å². The monoisotopic (exact) mass is 339 g/mol. The summed E-state index contributed by atoms with van der Waals surface area (Å²) < 4.78 is 5.42. The fourth-order valence-corrected chi connectivity index (χ4v) is 3.22. The fraction of sp³-hybridized carbons (Fsp3) is 0.882. The van der Waals surface area contributed by atoms with Gasteiger partial charge in [0.15, 0.2) is 5.96 Å². The number of morpholine rings is 1. The third-order valence-electron chi connectivity index (χ3n) is 4.90. The molecule has 0 atom stereocenters. The second-order valence-electron chi connectivity index (χ2n) is 7.13. The van der Waals surface area contributed by atoms with Gasteiger partial charge < -0.3 is 20.3 Å². The van der Waals surface area contributed by atoms with E-state index in [1.165, 1.54) is 6.42 Å². The van der Waals surface area contributed by atoms with Gasteiger partial charge in [-0.15, -0.1) is 0 Å². The number of carbonyl (C=O) groups is 1. The van der Waals surface area contributed by atoms with Gasteiger partial charge in [0, 0.05) is 45.3 Å². The highest BCUT2D eigenvalue weighted by molar-refractivity contribution is 5.86. The molecule has 2 N–H and O–H groups in total. The minimum atomic E-state index is 0.0122. The largest absolute Gasteiger partial charge is 0.379 e. The number of nitrogens with zero attached hydrogens (tertiary/aromatic N) is 3. The molecule has 138 valence electrons. The van der Waals surface area contributed by atoms with E-state index in [0.29, 0.717) is 12.5 Å². The third kappa shape index (κ3) is 5.63. The van der Waals surface area contributed by atoms with Crippen LogP contribution in [0.4, 0.5) is 0 Å². The molecule has 7 nitrogen and oxygen atoms in total. The Morgan fingerprint density at radius 2 is 1.75 bits per heavy atom. The molecule has 2 fully saturated rings. The topological polar surface area (TPSA) is 69.2 Å². The van der Waals surface area contributed by atoms with Crippen LogP contribution in [-0.4, -0.2) is 86.7 Å². The highest BCUT2D eigenvalue weighted by Crippen LogP contribution is 2.15. The summed E-state index contributed by atoms with van der Waals surface area (Å²) in [7, 11) is 1.74. The quantitative estimate of drug-likeness (QED) is 0.556. The van der Waals surface area contributed by atoms with Crippen molar-refractivity contribution in [3.63, 3.8) is 0 Å². The average Bonchev–Trinajstić information content (AvgIpc) is 2.63. The molecule has 2 heterocycles. The van der Waals surface area contributed by atoms with Crippen molar-refractivity contribution in [3.8, 4) is 0 Å². The maximum atomic E-state index is 12.2. The van der Waals surface area contributed by atoms with E-state index in [0.717, 1.165) is 58.8 Å². The van der Waals surface area contributed by atoms with Gasteiger partial charge in [0.05, 0.1) is 19.8 Å². The van der Waals surface area contributed by atoms with Gasteiger partial charge in [0.2, 0.25) is 5.91 Å². The number of guanidine groups is 1. The molecule has 0 aliphatic carbocycles. The first kappa shape index (κ1) is 19.0. The number of carbonyl (C=O) groups excluding carboxylic acids is 1. The van der Waals surface area contributed by atoms with Crippen LogP contribution in [0.15, 0.2) is 4.99 Å². The van der Waals surface area contributed by atoms with E-state index in [1.54, 1.807) is 7.05 Å². The molecule has 0 unspecified atom stereocenters. The molecule has 1 amide bonds. The van der Waals surface area contributed by atoms with Gasteiger partial charge in [0.25, 0.3) is 0 Å². The molecule has 2 aliphatic heterocycles. The van der Waals surface area contributed by atoms with Crippen molar-refractivity contribution in [2.45, 2.75) is 38.6 Å². The number of piperidine rings is 1. The molecule has 2 saturated heterocycles. The van der Waals surface area contributed by atoms with Crippen molar-refractivity contribution < 1.29 is 9.53 Å². The van der Waals surface area contributed by atoms with Gasteiger partial charge in [0.1, 0.15) is 0 Å². The first-order valence-electron chi connectivity index (χ1n) is 9.08. The predicted molar refractivity (Wildman–Crippen MR) is 96.3 cm³/mol. The van der Waals surface area contributed by atoms with E-state index in [4.69, 9.17) is 4.74 Å². The first-order valence-corrected chi connectivity index (χ1v) is 9.08.